The number of hydrogen-bond acceptors (Lipinski definition) is 2. The van der Waals surface area contributed by atoms with Crippen molar-refractivity contribution in [2.24, 2.45) is 0 Å². The van der Waals surface area contributed by atoms with Crippen molar-refractivity contribution in [3.8, 4) is 0 Å². The van der Waals surface area contributed by atoms with E-state index in [1.54, 1.807) is 25.4 Å². The molecule has 0 aromatic carbocycles. The Morgan fingerprint density at radius 3 is 2.67 bits per heavy atom. The van der Waals surface area contributed by atoms with Crippen molar-refractivity contribution in [2.45, 2.75) is 0 Å². The Morgan fingerprint density at radius 2 is 2.25 bits per heavy atom. The molecule has 1 aromatic heterocycles. The summed E-state index contributed by atoms with van der Waals surface area (Å²) in [7, 11) is 2.09. The summed E-state index contributed by atoms with van der Waals surface area (Å²) < 4.78 is 9.50. The fourth-order valence-corrected chi connectivity index (χ4v) is 0.641. The van der Waals surface area contributed by atoms with Crippen LogP contribution in [0.5, 0.6) is 0 Å². The molecule has 0 bridgehead atoms. The lowest BCUT2D eigenvalue weighted by Gasteiger charge is -1.95. The monoisotopic (exact) mass is 169 g/mol. The van der Waals surface area contributed by atoms with Gasteiger partial charge < -0.3 is 5.32 Å². The third kappa shape index (κ3) is 3.09. The predicted octanol–water partition coefficient (Wildman–Crippen LogP) is 1.03. The number of rotatable bonds is 1. The van der Waals surface area contributed by atoms with Gasteiger partial charge in [0.25, 0.3) is 5.91 Å². The highest BCUT2D eigenvalue weighted by molar-refractivity contribution is 5.93. The molecule has 0 atom stereocenters. The maximum atomic E-state index is 10.9. The van der Waals surface area contributed by atoms with Gasteiger partial charge in [0.05, 0.1) is 12.7 Å². The fraction of sp³-hybridized carbons (Fsp3) is 0.250. The van der Waals surface area contributed by atoms with Crippen molar-refractivity contribution < 1.29 is 9.18 Å². The van der Waals surface area contributed by atoms with Crippen LogP contribution >= 0.6 is 0 Å². The lowest BCUT2D eigenvalue weighted by atomic mass is 10.3. The molecule has 0 unspecified atom stereocenters. The van der Waals surface area contributed by atoms with Crippen LogP contribution in [0.2, 0.25) is 0 Å². The molecule has 0 saturated carbocycles. The molecule has 1 heterocycles. The molecule has 0 saturated heterocycles. The molecule has 0 spiro atoms. The molecule has 12 heavy (non-hydrogen) atoms. The van der Waals surface area contributed by atoms with E-state index in [0.29, 0.717) is 12.7 Å². The van der Waals surface area contributed by atoms with Crippen LogP contribution in [0.1, 0.15) is 10.4 Å². The Hall–Kier alpha value is -1.45. The highest BCUT2D eigenvalue weighted by Crippen LogP contribution is 1.93. The van der Waals surface area contributed by atoms with Gasteiger partial charge in [-0.2, -0.15) is 0 Å². The van der Waals surface area contributed by atoms with Crippen LogP contribution < -0.4 is 5.32 Å². The van der Waals surface area contributed by atoms with E-state index in [9.17, 15) is 9.18 Å². The minimum Gasteiger partial charge on any atom is -0.355 e. The number of halogens is 1. The van der Waals surface area contributed by atoms with Crippen molar-refractivity contribution in [3.63, 3.8) is 0 Å². The van der Waals surface area contributed by atoms with Crippen LogP contribution in [0.4, 0.5) is 4.39 Å². The standard InChI is InChI=1S/C7H8N2O.CH3F/c1-8-7(10)6-3-2-4-9-5-6;1-2/h2-5H,1H3,(H,8,10);1H3/i;2-1. The van der Waals surface area contributed by atoms with E-state index < -0.39 is 0 Å². The summed E-state index contributed by atoms with van der Waals surface area (Å²) in [5.74, 6) is -0.104. The first-order chi connectivity index (χ1) is 5.84. The van der Waals surface area contributed by atoms with Gasteiger partial charge in [-0.25, -0.2) is 0 Å². The maximum absolute atomic E-state index is 10.9. The molecule has 1 amide bonds. The average molecular weight is 169 g/mol. The molecule has 0 fully saturated rings. The number of amides is 1. The molecule has 0 aliphatic carbocycles. The Morgan fingerprint density at radius 1 is 1.58 bits per heavy atom. The molecule has 1 aromatic rings. The Bertz CT molecular complexity index is 226. The zero-order valence-corrected chi connectivity index (χ0v) is 7.04. The number of carbonyl (C=O) groups excluding carboxylic acids is 1. The smallest absolute Gasteiger partial charge is 0.252 e. The van der Waals surface area contributed by atoms with E-state index in [0.717, 1.165) is 0 Å². The molecular formula is C8H11FN2O. The average Bonchev–Trinajstić information content (AvgIpc) is 2.21. The van der Waals surface area contributed by atoms with Crippen LogP contribution in [0.25, 0.3) is 0 Å². The number of alkyl halides is 1. The van der Waals surface area contributed by atoms with E-state index >= 15 is 0 Å². The molecule has 0 radical (unpaired) electrons. The highest BCUT2D eigenvalue weighted by Gasteiger charge is 1.98. The fourth-order valence-electron chi connectivity index (χ4n) is 0.641. The molecule has 1 rings (SSSR count). The third-order valence-corrected chi connectivity index (χ3v) is 1.15. The van der Waals surface area contributed by atoms with Gasteiger partial charge in [-0.05, 0) is 12.1 Å². The topological polar surface area (TPSA) is 42.0 Å². The van der Waals surface area contributed by atoms with Crippen molar-refractivity contribution >= 4 is 5.91 Å². The number of aromatic nitrogens is 1. The van der Waals surface area contributed by atoms with E-state index in [2.05, 4.69) is 10.3 Å². The SMILES string of the molecule is CNC(=O)c1cccnc1.C[18F]. The molecule has 4 heteroatoms. The van der Waals surface area contributed by atoms with Crippen LogP contribution in [0.3, 0.4) is 0 Å². The zero-order valence-electron chi connectivity index (χ0n) is 7.04. The van der Waals surface area contributed by atoms with Crippen LogP contribution in [-0.4, -0.2) is 25.1 Å². The summed E-state index contributed by atoms with van der Waals surface area (Å²) >= 11 is 0. The molecular weight excluding hydrogens is 158 g/mol. The Labute approximate surface area is 70.6 Å². The summed E-state index contributed by atoms with van der Waals surface area (Å²) in [5, 5.41) is 2.50. The van der Waals surface area contributed by atoms with E-state index in [4.69, 9.17) is 0 Å². The Balaban J connectivity index is 0.000000561. The largest absolute Gasteiger partial charge is 0.355 e. The summed E-state index contributed by atoms with van der Waals surface area (Å²) in [4.78, 5) is 14.7. The number of pyridine rings is 1. The number of hydrogen-bond donors (Lipinski definition) is 1. The summed E-state index contributed by atoms with van der Waals surface area (Å²) in [5.41, 5.74) is 0.588. The summed E-state index contributed by atoms with van der Waals surface area (Å²) in [6.45, 7) is 0. The van der Waals surface area contributed by atoms with Crippen LogP contribution in [0, 0.1) is 0 Å². The summed E-state index contributed by atoms with van der Waals surface area (Å²) in [6, 6.07) is 3.44. The minimum absolute atomic E-state index is 0.104. The second-order valence-electron chi connectivity index (χ2n) is 1.82. The molecule has 3 nitrogen and oxygen atoms in total. The molecule has 0 aliphatic rings. The molecule has 66 valence electrons. The second-order valence-corrected chi connectivity index (χ2v) is 1.82. The minimum atomic E-state index is -0.104. The first kappa shape index (κ1) is 10.6. The number of nitrogens with zero attached hydrogens (tertiary/aromatic N) is 1. The van der Waals surface area contributed by atoms with Gasteiger partial charge in [0.2, 0.25) is 0 Å². The first-order valence-corrected chi connectivity index (χ1v) is 3.34. The van der Waals surface area contributed by atoms with Crippen molar-refractivity contribution in [1.82, 2.24) is 10.3 Å². The quantitative estimate of drug-likeness (QED) is 0.682. The van der Waals surface area contributed by atoms with E-state index in [1.165, 1.54) is 6.20 Å². The second kappa shape index (κ2) is 6.27. The highest BCUT2D eigenvalue weighted by atomic mass is 18.2. The Kier molecular flexibility index (Phi) is 5.51. The lowest BCUT2D eigenvalue weighted by Crippen LogP contribution is -2.17. The van der Waals surface area contributed by atoms with Gasteiger partial charge in [-0.1, -0.05) is 0 Å². The van der Waals surface area contributed by atoms with Crippen molar-refractivity contribution in [3.05, 3.63) is 30.1 Å². The van der Waals surface area contributed by atoms with Crippen LogP contribution in [0.15, 0.2) is 24.5 Å². The van der Waals surface area contributed by atoms with E-state index in [-0.39, 0.29) is 5.91 Å². The number of carbonyl (C=O) groups is 1. The van der Waals surface area contributed by atoms with E-state index in [1.807, 2.05) is 0 Å². The molecule has 1 N–H and O–H groups in total. The van der Waals surface area contributed by atoms with Crippen molar-refractivity contribution in [1.29, 1.82) is 0 Å². The summed E-state index contributed by atoms with van der Waals surface area (Å²) in [6.07, 6.45) is 3.16. The van der Waals surface area contributed by atoms with Gasteiger partial charge in [-0.3, -0.25) is 14.2 Å². The van der Waals surface area contributed by atoms with Gasteiger partial charge in [-0.15, -0.1) is 0 Å². The van der Waals surface area contributed by atoms with Gasteiger partial charge in [0.1, 0.15) is 0 Å². The van der Waals surface area contributed by atoms with Crippen molar-refractivity contribution in [2.75, 3.05) is 14.2 Å². The normalized spacial score (nSPS) is 7.92. The van der Waals surface area contributed by atoms with Crippen LogP contribution in [-0.2, 0) is 0 Å². The third-order valence-electron chi connectivity index (χ3n) is 1.15. The molecule has 0 aliphatic heterocycles. The predicted molar refractivity (Wildman–Crippen MR) is 44.7 cm³/mol. The maximum Gasteiger partial charge on any atom is 0.252 e. The van der Waals surface area contributed by atoms with Gasteiger partial charge in [0, 0.05) is 19.4 Å². The first-order valence-electron chi connectivity index (χ1n) is 3.34. The van der Waals surface area contributed by atoms with Gasteiger partial charge in [0.15, 0.2) is 0 Å². The lowest BCUT2D eigenvalue weighted by molar-refractivity contribution is 0.0962. The van der Waals surface area contributed by atoms with Gasteiger partial charge >= 0.3 is 0 Å². The number of nitrogens with one attached hydrogen (secondary N) is 1. The zero-order chi connectivity index (χ0) is 9.40.